The van der Waals surface area contributed by atoms with E-state index in [-0.39, 0.29) is 22.0 Å². The van der Waals surface area contributed by atoms with Crippen molar-refractivity contribution >= 4 is 46.4 Å². The molecule has 2 aromatic carbocycles. The van der Waals surface area contributed by atoms with Crippen molar-refractivity contribution in [1.29, 1.82) is 0 Å². The summed E-state index contributed by atoms with van der Waals surface area (Å²) in [5, 5.41) is 3.03. The van der Waals surface area contributed by atoms with Crippen LogP contribution in [-0.4, -0.2) is 21.2 Å². The van der Waals surface area contributed by atoms with E-state index in [1.54, 1.807) is 55.9 Å². The molecule has 0 unspecified atom stereocenters. The Morgan fingerprint density at radius 2 is 1.58 bits per heavy atom. The topological polar surface area (TPSA) is 76.3 Å². The Morgan fingerprint density at radius 1 is 0.903 bits per heavy atom. The Kier molecular flexibility index (Phi) is 5.24. The first-order chi connectivity index (χ1) is 14.7. The van der Waals surface area contributed by atoms with Crippen molar-refractivity contribution in [2.24, 2.45) is 7.05 Å². The number of aromatic nitrogens is 2. The SMILES string of the molecule is Cc1cc(Cl)ccc1N1C(=O)C(Cl)=C(Nc2c(C)n(C)n(-c3ccccc3)c2=O)C1=O. The van der Waals surface area contributed by atoms with Crippen molar-refractivity contribution in [3.8, 4) is 5.69 Å². The van der Waals surface area contributed by atoms with Crippen LogP contribution in [-0.2, 0) is 16.6 Å². The van der Waals surface area contributed by atoms with Gasteiger partial charge in [0.1, 0.15) is 16.4 Å². The zero-order valence-electron chi connectivity index (χ0n) is 16.9. The van der Waals surface area contributed by atoms with Crippen LogP contribution in [0.15, 0.2) is 64.1 Å². The van der Waals surface area contributed by atoms with E-state index in [1.807, 2.05) is 18.2 Å². The maximum Gasteiger partial charge on any atom is 0.295 e. The van der Waals surface area contributed by atoms with Gasteiger partial charge in [-0.05, 0) is 49.7 Å². The number of carbonyl (C=O) groups excluding carboxylic acids is 2. The van der Waals surface area contributed by atoms with Crippen molar-refractivity contribution in [3.63, 3.8) is 0 Å². The third kappa shape index (κ3) is 3.36. The number of imide groups is 1. The Labute approximate surface area is 188 Å². The predicted molar refractivity (Wildman–Crippen MR) is 121 cm³/mol. The molecule has 0 bridgehead atoms. The average Bonchev–Trinajstić information content (AvgIpc) is 3.08. The van der Waals surface area contributed by atoms with E-state index >= 15 is 0 Å². The molecule has 0 atom stereocenters. The maximum absolute atomic E-state index is 13.1. The summed E-state index contributed by atoms with van der Waals surface area (Å²) in [6.45, 7) is 3.47. The van der Waals surface area contributed by atoms with Gasteiger partial charge in [-0.15, -0.1) is 0 Å². The first kappa shape index (κ1) is 21.0. The average molecular weight is 457 g/mol. The molecule has 9 heteroatoms. The zero-order chi connectivity index (χ0) is 22.4. The Morgan fingerprint density at radius 3 is 2.23 bits per heavy atom. The van der Waals surface area contributed by atoms with Gasteiger partial charge in [-0.25, -0.2) is 9.58 Å². The van der Waals surface area contributed by atoms with Gasteiger partial charge >= 0.3 is 0 Å². The van der Waals surface area contributed by atoms with Crippen LogP contribution in [0.2, 0.25) is 5.02 Å². The molecule has 2 heterocycles. The number of carbonyl (C=O) groups is 2. The summed E-state index contributed by atoms with van der Waals surface area (Å²) < 4.78 is 3.13. The second-order valence-corrected chi connectivity index (χ2v) is 7.94. The first-order valence-corrected chi connectivity index (χ1v) is 10.1. The highest BCUT2D eigenvalue weighted by Crippen LogP contribution is 2.33. The lowest BCUT2D eigenvalue weighted by Gasteiger charge is -2.17. The smallest absolute Gasteiger partial charge is 0.295 e. The fraction of sp³-hybridized carbons (Fsp3) is 0.136. The minimum absolute atomic E-state index is 0.146. The molecule has 2 amide bonds. The number of anilines is 2. The van der Waals surface area contributed by atoms with Gasteiger partial charge in [0.2, 0.25) is 0 Å². The van der Waals surface area contributed by atoms with E-state index in [2.05, 4.69) is 5.32 Å². The fourth-order valence-corrected chi connectivity index (χ4v) is 3.98. The monoisotopic (exact) mass is 456 g/mol. The third-order valence-corrected chi connectivity index (χ3v) is 5.82. The highest BCUT2D eigenvalue weighted by molar-refractivity contribution is 6.53. The van der Waals surface area contributed by atoms with Crippen molar-refractivity contribution in [1.82, 2.24) is 9.36 Å². The lowest BCUT2D eigenvalue weighted by atomic mass is 10.2. The Bertz CT molecular complexity index is 1320. The number of halogens is 2. The van der Waals surface area contributed by atoms with Gasteiger partial charge in [-0.3, -0.25) is 19.1 Å². The molecule has 1 aliphatic rings. The number of rotatable bonds is 4. The number of amides is 2. The van der Waals surface area contributed by atoms with Crippen molar-refractivity contribution < 1.29 is 9.59 Å². The minimum atomic E-state index is -0.670. The lowest BCUT2D eigenvalue weighted by Crippen LogP contribution is -2.33. The van der Waals surface area contributed by atoms with Crippen LogP contribution >= 0.6 is 23.2 Å². The molecule has 1 N–H and O–H groups in total. The van der Waals surface area contributed by atoms with Crippen molar-refractivity contribution in [2.45, 2.75) is 13.8 Å². The second-order valence-electron chi connectivity index (χ2n) is 7.13. The molecule has 31 heavy (non-hydrogen) atoms. The normalized spacial score (nSPS) is 14.0. The minimum Gasteiger partial charge on any atom is -0.344 e. The molecule has 7 nitrogen and oxygen atoms in total. The first-order valence-electron chi connectivity index (χ1n) is 9.38. The van der Waals surface area contributed by atoms with E-state index in [0.717, 1.165) is 4.90 Å². The molecule has 0 saturated carbocycles. The maximum atomic E-state index is 13.1. The molecular formula is C22H18Cl2N4O3. The van der Waals surface area contributed by atoms with Crippen LogP contribution in [0.5, 0.6) is 0 Å². The molecule has 0 aliphatic carbocycles. The van der Waals surface area contributed by atoms with Gasteiger partial charge in [0.15, 0.2) is 0 Å². The van der Waals surface area contributed by atoms with Gasteiger partial charge in [-0.1, -0.05) is 41.4 Å². The highest BCUT2D eigenvalue weighted by atomic mass is 35.5. The number of nitrogens with one attached hydrogen (secondary N) is 1. The summed E-state index contributed by atoms with van der Waals surface area (Å²) in [7, 11) is 1.73. The third-order valence-electron chi connectivity index (χ3n) is 5.23. The van der Waals surface area contributed by atoms with Gasteiger partial charge < -0.3 is 5.32 Å². The van der Waals surface area contributed by atoms with Crippen LogP contribution < -0.4 is 15.8 Å². The van der Waals surface area contributed by atoms with Crippen LogP contribution in [0, 0.1) is 13.8 Å². The summed E-state index contributed by atoms with van der Waals surface area (Å²) in [6.07, 6.45) is 0. The highest BCUT2D eigenvalue weighted by Gasteiger charge is 2.40. The van der Waals surface area contributed by atoms with Crippen molar-refractivity contribution in [2.75, 3.05) is 10.2 Å². The summed E-state index contributed by atoms with van der Waals surface area (Å²) in [4.78, 5) is 40.0. The summed E-state index contributed by atoms with van der Waals surface area (Å²) >= 11 is 12.2. The van der Waals surface area contributed by atoms with E-state index in [0.29, 0.717) is 27.7 Å². The Hall–Kier alpha value is -3.29. The number of hydrogen-bond donors (Lipinski definition) is 1. The zero-order valence-corrected chi connectivity index (χ0v) is 18.5. The summed E-state index contributed by atoms with van der Waals surface area (Å²) in [5.41, 5.74) is 1.90. The van der Waals surface area contributed by atoms with Crippen LogP contribution in [0.4, 0.5) is 11.4 Å². The van der Waals surface area contributed by atoms with Gasteiger partial charge in [-0.2, -0.15) is 0 Å². The van der Waals surface area contributed by atoms with E-state index in [9.17, 15) is 14.4 Å². The van der Waals surface area contributed by atoms with Crippen LogP contribution in [0.25, 0.3) is 5.69 Å². The van der Waals surface area contributed by atoms with Crippen LogP contribution in [0.3, 0.4) is 0 Å². The standard InChI is InChI=1S/C22H18Cl2N4O3/c1-12-11-14(23)9-10-16(12)27-20(29)17(24)19(21(27)30)25-18-13(2)26(3)28(22(18)31)15-7-5-4-6-8-15/h4-11,25H,1-3H3. The Balaban J connectivity index is 1.75. The number of hydrogen-bond acceptors (Lipinski definition) is 4. The summed E-state index contributed by atoms with van der Waals surface area (Å²) in [6, 6.07) is 13.9. The molecule has 158 valence electrons. The predicted octanol–water partition coefficient (Wildman–Crippen LogP) is 3.88. The molecule has 0 fully saturated rings. The molecule has 0 spiro atoms. The summed E-state index contributed by atoms with van der Waals surface area (Å²) in [5.74, 6) is -1.31. The molecule has 0 saturated heterocycles. The largest absolute Gasteiger partial charge is 0.344 e. The van der Waals surface area contributed by atoms with E-state index < -0.39 is 11.8 Å². The molecule has 0 radical (unpaired) electrons. The number of nitrogens with zero attached hydrogens (tertiary/aromatic N) is 3. The van der Waals surface area contributed by atoms with E-state index in [1.165, 1.54) is 4.68 Å². The lowest BCUT2D eigenvalue weighted by molar-refractivity contribution is -0.120. The molecule has 3 aromatic rings. The molecule has 1 aliphatic heterocycles. The number of aryl methyl sites for hydroxylation is 1. The van der Waals surface area contributed by atoms with Gasteiger partial charge in [0.25, 0.3) is 17.4 Å². The molecular weight excluding hydrogens is 439 g/mol. The van der Waals surface area contributed by atoms with Gasteiger partial charge in [0.05, 0.1) is 17.1 Å². The fourth-order valence-electron chi connectivity index (χ4n) is 3.54. The molecule has 4 rings (SSSR count). The quantitative estimate of drug-likeness (QED) is 0.604. The number of benzene rings is 2. The van der Waals surface area contributed by atoms with Crippen LogP contribution in [0.1, 0.15) is 11.3 Å². The molecule has 1 aromatic heterocycles. The van der Waals surface area contributed by atoms with Crippen molar-refractivity contribution in [3.05, 3.63) is 85.9 Å². The second kappa shape index (κ2) is 7.76. The number of para-hydroxylation sites is 1. The van der Waals surface area contributed by atoms with E-state index in [4.69, 9.17) is 23.2 Å². The van der Waals surface area contributed by atoms with Gasteiger partial charge in [0, 0.05) is 12.1 Å².